The predicted molar refractivity (Wildman–Crippen MR) is 106 cm³/mol. The van der Waals surface area contributed by atoms with E-state index in [4.69, 9.17) is 0 Å². The van der Waals surface area contributed by atoms with Crippen LogP contribution < -0.4 is 10.6 Å². The number of halogens is 1. The lowest BCUT2D eigenvalue weighted by molar-refractivity contribution is -0.127. The second-order valence-corrected chi connectivity index (χ2v) is 7.14. The largest absolute Gasteiger partial charge is 0.354 e. The molecule has 1 fully saturated rings. The third kappa shape index (κ3) is 3.38. The predicted octanol–water partition coefficient (Wildman–Crippen LogP) is 3.22. The van der Waals surface area contributed by atoms with Gasteiger partial charge in [-0.3, -0.25) is 9.59 Å². The summed E-state index contributed by atoms with van der Waals surface area (Å²) in [7, 11) is 0. The van der Waals surface area contributed by atoms with Crippen LogP contribution in [0.25, 0.3) is 22.2 Å². The lowest BCUT2D eigenvalue weighted by atomic mass is 10.00. The number of carbonyl (C=O) groups is 2. The van der Waals surface area contributed by atoms with Crippen LogP contribution in [0.15, 0.2) is 42.5 Å². The van der Waals surface area contributed by atoms with Crippen molar-refractivity contribution in [1.29, 1.82) is 0 Å². The maximum absolute atomic E-state index is 14.0. The number of nitrogens with one attached hydrogen (secondary N) is 3. The van der Waals surface area contributed by atoms with Gasteiger partial charge in [-0.2, -0.15) is 0 Å². The molecule has 3 N–H and O–H groups in total. The zero-order valence-corrected chi connectivity index (χ0v) is 15.6. The topological polar surface area (TPSA) is 74.0 Å². The maximum atomic E-state index is 14.0. The molecule has 3 aromatic rings. The van der Waals surface area contributed by atoms with Crippen LogP contribution in [0.4, 0.5) is 4.39 Å². The van der Waals surface area contributed by atoms with Gasteiger partial charge in [-0.05, 0) is 43.0 Å². The monoisotopic (exact) mass is 379 g/mol. The van der Waals surface area contributed by atoms with Crippen molar-refractivity contribution < 1.29 is 14.0 Å². The van der Waals surface area contributed by atoms with Gasteiger partial charge in [-0.15, -0.1) is 0 Å². The number of fused-ring (bicyclic) bond motifs is 1. The standard InChI is InChI=1S/C22H22FN3O2/c1-13-17(23)9-7-15-16(8-10-19(27)25-18-11-12-24-22(18)28)21(26-20(13)15)14-5-3-2-4-6-14/h2-7,9,18,26H,8,10-12H2,1H3,(H,24,28)(H,25,27). The minimum absolute atomic E-state index is 0.128. The molecule has 1 aliphatic heterocycles. The van der Waals surface area contributed by atoms with Crippen molar-refractivity contribution in [3.05, 3.63) is 59.4 Å². The number of rotatable bonds is 5. The van der Waals surface area contributed by atoms with Crippen LogP contribution in [0.3, 0.4) is 0 Å². The fourth-order valence-corrected chi connectivity index (χ4v) is 3.78. The average Bonchev–Trinajstić information content (AvgIpc) is 3.27. The summed E-state index contributed by atoms with van der Waals surface area (Å²) in [6.07, 6.45) is 1.37. The minimum atomic E-state index is -0.444. The molecule has 1 aliphatic rings. The van der Waals surface area contributed by atoms with Gasteiger partial charge in [-0.1, -0.05) is 30.3 Å². The first-order valence-electron chi connectivity index (χ1n) is 9.46. The highest BCUT2D eigenvalue weighted by molar-refractivity contribution is 5.94. The van der Waals surface area contributed by atoms with Crippen LogP contribution in [0.5, 0.6) is 0 Å². The molecule has 4 rings (SSSR count). The smallest absolute Gasteiger partial charge is 0.242 e. The maximum Gasteiger partial charge on any atom is 0.242 e. The normalized spacial score (nSPS) is 16.4. The molecule has 2 heterocycles. The molecule has 0 aliphatic carbocycles. The third-order valence-corrected chi connectivity index (χ3v) is 5.32. The first kappa shape index (κ1) is 18.2. The van der Waals surface area contributed by atoms with E-state index in [1.807, 2.05) is 30.3 Å². The molecule has 0 saturated carbocycles. The van der Waals surface area contributed by atoms with Gasteiger partial charge in [0.1, 0.15) is 11.9 Å². The van der Waals surface area contributed by atoms with E-state index >= 15 is 0 Å². The van der Waals surface area contributed by atoms with Gasteiger partial charge in [-0.25, -0.2) is 4.39 Å². The average molecular weight is 379 g/mol. The van der Waals surface area contributed by atoms with Crippen LogP contribution in [-0.4, -0.2) is 29.4 Å². The van der Waals surface area contributed by atoms with E-state index in [0.717, 1.165) is 27.7 Å². The fraction of sp³-hybridized carbons (Fsp3) is 0.273. The molecule has 1 atom stereocenters. The highest BCUT2D eigenvalue weighted by Gasteiger charge is 2.25. The van der Waals surface area contributed by atoms with E-state index in [1.54, 1.807) is 13.0 Å². The lowest BCUT2D eigenvalue weighted by Crippen LogP contribution is -2.40. The van der Waals surface area contributed by atoms with Crippen molar-refractivity contribution in [3.63, 3.8) is 0 Å². The van der Waals surface area contributed by atoms with Gasteiger partial charge in [0.25, 0.3) is 0 Å². The van der Waals surface area contributed by atoms with Gasteiger partial charge in [0.2, 0.25) is 11.8 Å². The van der Waals surface area contributed by atoms with Crippen molar-refractivity contribution in [2.75, 3.05) is 6.54 Å². The van der Waals surface area contributed by atoms with E-state index in [2.05, 4.69) is 15.6 Å². The molecule has 2 aromatic carbocycles. The molecule has 6 heteroatoms. The molecule has 5 nitrogen and oxygen atoms in total. The number of benzene rings is 2. The van der Waals surface area contributed by atoms with E-state index in [9.17, 15) is 14.0 Å². The molecule has 2 amide bonds. The Morgan fingerprint density at radius 2 is 2.00 bits per heavy atom. The first-order valence-corrected chi connectivity index (χ1v) is 9.46. The molecule has 1 unspecified atom stereocenters. The number of hydrogen-bond acceptors (Lipinski definition) is 2. The lowest BCUT2D eigenvalue weighted by Gasteiger charge is -2.10. The Hall–Kier alpha value is -3.15. The molecule has 28 heavy (non-hydrogen) atoms. The highest BCUT2D eigenvalue weighted by atomic mass is 19.1. The number of H-pyrrole nitrogens is 1. The number of aromatic amines is 1. The van der Waals surface area contributed by atoms with E-state index in [1.165, 1.54) is 6.07 Å². The number of aryl methyl sites for hydroxylation is 2. The Balaban J connectivity index is 1.64. The number of amides is 2. The van der Waals surface area contributed by atoms with Crippen molar-refractivity contribution in [3.8, 4) is 11.3 Å². The Bertz CT molecular complexity index is 1040. The zero-order valence-electron chi connectivity index (χ0n) is 15.6. The van der Waals surface area contributed by atoms with Crippen molar-refractivity contribution in [1.82, 2.24) is 15.6 Å². The second kappa shape index (κ2) is 7.46. The summed E-state index contributed by atoms with van der Waals surface area (Å²) in [5.41, 5.74) is 4.19. The van der Waals surface area contributed by atoms with Crippen molar-refractivity contribution in [2.24, 2.45) is 0 Å². The van der Waals surface area contributed by atoms with E-state index < -0.39 is 6.04 Å². The molecule has 1 aromatic heterocycles. The highest BCUT2D eigenvalue weighted by Crippen LogP contribution is 2.33. The van der Waals surface area contributed by atoms with Crippen LogP contribution in [-0.2, 0) is 16.0 Å². The van der Waals surface area contributed by atoms with Crippen LogP contribution in [0.2, 0.25) is 0 Å². The summed E-state index contributed by atoms with van der Waals surface area (Å²) < 4.78 is 14.0. The second-order valence-electron chi connectivity index (χ2n) is 7.14. The molecular formula is C22H22FN3O2. The van der Waals surface area contributed by atoms with E-state index in [-0.39, 0.29) is 24.1 Å². The molecule has 144 valence electrons. The van der Waals surface area contributed by atoms with Gasteiger partial charge in [0.05, 0.1) is 5.52 Å². The summed E-state index contributed by atoms with van der Waals surface area (Å²) >= 11 is 0. The molecule has 1 saturated heterocycles. The summed E-state index contributed by atoms with van der Waals surface area (Å²) in [4.78, 5) is 27.4. The van der Waals surface area contributed by atoms with Crippen molar-refractivity contribution in [2.45, 2.75) is 32.2 Å². The molecule has 0 bridgehead atoms. The summed E-state index contributed by atoms with van der Waals surface area (Å²) in [6, 6.07) is 12.6. The summed E-state index contributed by atoms with van der Waals surface area (Å²) in [6.45, 7) is 2.34. The van der Waals surface area contributed by atoms with Crippen LogP contribution >= 0.6 is 0 Å². The number of hydrogen-bond donors (Lipinski definition) is 3. The van der Waals surface area contributed by atoms with Crippen LogP contribution in [0.1, 0.15) is 24.0 Å². The van der Waals surface area contributed by atoms with E-state index in [0.29, 0.717) is 24.9 Å². The Morgan fingerprint density at radius 3 is 2.71 bits per heavy atom. The molecule has 0 radical (unpaired) electrons. The van der Waals surface area contributed by atoms with Crippen LogP contribution in [0, 0.1) is 12.7 Å². The van der Waals surface area contributed by atoms with Gasteiger partial charge >= 0.3 is 0 Å². The summed E-state index contributed by atoms with van der Waals surface area (Å²) in [5, 5.41) is 6.43. The number of aromatic nitrogens is 1. The Labute approximate surface area is 162 Å². The Kier molecular flexibility index (Phi) is 4.86. The fourth-order valence-electron chi connectivity index (χ4n) is 3.78. The van der Waals surface area contributed by atoms with Gasteiger partial charge in [0, 0.05) is 29.6 Å². The van der Waals surface area contributed by atoms with Gasteiger partial charge in [0.15, 0.2) is 0 Å². The van der Waals surface area contributed by atoms with Crippen molar-refractivity contribution >= 4 is 22.7 Å². The molecule has 0 spiro atoms. The minimum Gasteiger partial charge on any atom is -0.354 e. The SMILES string of the molecule is Cc1c(F)ccc2c(CCC(=O)NC3CCNC3=O)c(-c3ccccc3)[nH]c12. The third-order valence-electron chi connectivity index (χ3n) is 5.32. The summed E-state index contributed by atoms with van der Waals surface area (Å²) in [5.74, 6) is -0.546. The Morgan fingerprint density at radius 1 is 1.21 bits per heavy atom. The number of carbonyl (C=O) groups excluding carboxylic acids is 2. The zero-order chi connectivity index (χ0) is 19.7. The quantitative estimate of drug-likeness (QED) is 0.637. The molecular weight excluding hydrogens is 357 g/mol. The first-order chi connectivity index (χ1) is 13.5. The van der Waals surface area contributed by atoms with Gasteiger partial charge < -0.3 is 15.6 Å².